The molecule has 0 bridgehead atoms. The summed E-state index contributed by atoms with van der Waals surface area (Å²) < 4.78 is 15.7. The van der Waals surface area contributed by atoms with Crippen LogP contribution < -0.4 is 10.5 Å². The summed E-state index contributed by atoms with van der Waals surface area (Å²) in [5.74, 6) is 0.889. The van der Waals surface area contributed by atoms with Crippen LogP contribution in [0.25, 0.3) is 0 Å². The van der Waals surface area contributed by atoms with Crippen molar-refractivity contribution in [1.29, 1.82) is 0 Å². The van der Waals surface area contributed by atoms with Gasteiger partial charge >= 0.3 is 5.97 Å². The zero-order chi connectivity index (χ0) is 14.8. The Bertz CT molecular complexity index is 389. The molecule has 5 nitrogen and oxygen atoms in total. The molecule has 0 aliphatic rings. The Morgan fingerprint density at radius 1 is 1.15 bits per heavy atom. The summed E-state index contributed by atoms with van der Waals surface area (Å²) >= 11 is 0. The van der Waals surface area contributed by atoms with E-state index in [4.69, 9.17) is 19.9 Å². The summed E-state index contributed by atoms with van der Waals surface area (Å²) in [6, 6.07) is 7.03. The lowest BCUT2D eigenvalue weighted by atomic mass is 10.2. The second-order valence-corrected chi connectivity index (χ2v) is 4.86. The summed E-state index contributed by atoms with van der Waals surface area (Å²) in [4.78, 5) is 11.4. The number of hydrogen-bond donors (Lipinski definition) is 1. The number of rotatable bonds is 9. The lowest BCUT2D eigenvalue weighted by Gasteiger charge is -2.08. The summed E-state index contributed by atoms with van der Waals surface area (Å²) in [5, 5.41) is 0. The highest BCUT2D eigenvalue weighted by Crippen LogP contribution is 2.13. The lowest BCUT2D eigenvalue weighted by Crippen LogP contribution is -2.14. The molecule has 0 radical (unpaired) electrons. The molecule has 1 rings (SSSR count). The molecular weight excluding hydrogens is 258 g/mol. The normalized spacial score (nSPS) is 10.6. The van der Waals surface area contributed by atoms with Crippen molar-refractivity contribution in [2.75, 3.05) is 32.2 Å². The van der Waals surface area contributed by atoms with Crippen molar-refractivity contribution in [3.8, 4) is 5.75 Å². The van der Waals surface area contributed by atoms with Gasteiger partial charge in [0.25, 0.3) is 0 Å². The van der Waals surface area contributed by atoms with Gasteiger partial charge in [0.05, 0.1) is 19.6 Å². The van der Waals surface area contributed by atoms with Crippen LogP contribution in [0.4, 0.5) is 5.69 Å². The van der Waals surface area contributed by atoms with Crippen LogP contribution in [0.2, 0.25) is 0 Å². The van der Waals surface area contributed by atoms with E-state index in [9.17, 15) is 4.79 Å². The third-order valence-electron chi connectivity index (χ3n) is 2.40. The van der Waals surface area contributed by atoms with Crippen LogP contribution in [0.3, 0.4) is 0 Å². The van der Waals surface area contributed by atoms with E-state index in [-0.39, 0.29) is 25.6 Å². The average molecular weight is 281 g/mol. The van der Waals surface area contributed by atoms with Crippen molar-refractivity contribution in [3.05, 3.63) is 24.3 Å². The number of carbonyl (C=O) groups is 1. The Kier molecular flexibility index (Phi) is 7.50. The van der Waals surface area contributed by atoms with Crippen LogP contribution in [-0.2, 0) is 14.3 Å². The molecule has 5 heteroatoms. The third kappa shape index (κ3) is 7.63. The van der Waals surface area contributed by atoms with Gasteiger partial charge in [-0.3, -0.25) is 4.79 Å². The van der Waals surface area contributed by atoms with E-state index in [2.05, 4.69) is 13.8 Å². The predicted molar refractivity (Wildman–Crippen MR) is 77.6 cm³/mol. The van der Waals surface area contributed by atoms with Crippen LogP contribution in [0.1, 0.15) is 20.3 Å². The Morgan fingerprint density at radius 2 is 1.85 bits per heavy atom. The molecule has 0 unspecified atom stereocenters. The number of hydrogen-bond acceptors (Lipinski definition) is 5. The van der Waals surface area contributed by atoms with Crippen LogP contribution in [-0.4, -0.2) is 32.4 Å². The minimum atomic E-state index is -0.284. The number of esters is 1. The van der Waals surface area contributed by atoms with Crippen molar-refractivity contribution in [1.82, 2.24) is 0 Å². The summed E-state index contributed by atoms with van der Waals surface area (Å²) in [6.45, 7) is 5.82. The first kappa shape index (κ1) is 16.3. The number of anilines is 1. The molecular formula is C15H23NO4. The summed E-state index contributed by atoms with van der Waals surface area (Å²) in [5.41, 5.74) is 6.24. The van der Waals surface area contributed by atoms with E-state index >= 15 is 0 Å². The molecule has 0 amide bonds. The molecule has 20 heavy (non-hydrogen) atoms. The quantitative estimate of drug-likeness (QED) is 0.427. The number of benzene rings is 1. The maximum Gasteiger partial charge on any atom is 0.309 e. The molecule has 1 aromatic carbocycles. The van der Waals surface area contributed by atoms with Gasteiger partial charge in [0.15, 0.2) is 0 Å². The number of ether oxygens (including phenoxy) is 3. The zero-order valence-electron chi connectivity index (χ0n) is 12.1. The Morgan fingerprint density at radius 3 is 2.50 bits per heavy atom. The minimum Gasteiger partial charge on any atom is -0.493 e. The monoisotopic (exact) mass is 281 g/mol. The van der Waals surface area contributed by atoms with Crippen molar-refractivity contribution in [2.24, 2.45) is 5.92 Å². The van der Waals surface area contributed by atoms with Gasteiger partial charge in [0, 0.05) is 12.3 Å². The number of nitrogen functional groups attached to an aromatic ring is 1. The second kappa shape index (κ2) is 9.20. The van der Waals surface area contributed by atoms with Gasteiger partial charge in [0.1, 0.15) is 12.4 Å². The van der Waals surface area contributed by atoms with E-state index in [1.165, 1.54) is 0 Å². The number of nitrogens with two attached hydrogens (primary N) is 1. The second-order valence-electron chi connectivity index (χ2n) is 4.86. The Balaban J connectivity index is 2.04. The standard InChI is InChI=1S/C15H23NO4/c1-12(2)11-18-9-10-20-15(17)7-8-19-14-5-3-13(16)4-6-14/h3-6,12H,7-11,16H2,1-2H3. The van der Waals surface area contributed by atoms with Gasteiger partial charge < -0.3 is 19.9 Å². The van der Waals surface area contributed by atoms with E-state index in [0.717, 1.165) is 0 Å². The van der Waals surface area contributed by atoms with Gasteiger partial charge in [-0.25, -0.2) is 0 Å². The Hall–Kier alpha value is -1.75. The molecule has 2 N–H and O–H groups in total. The lowest BCUT2D eigenvalue weighted by molar-refractivity contribution is -0.145. The zero-order valence-corrected chi connectivity index (χ0v) is 12.1. The molecule has 0 heterocycles. The predicted octanol–water partition coefficient (Wildman–Crippen LogP) is 2.25. The molecule has 0 fully saturated rings. The summed E-state index contributed by atoms with van der Waals surface area (Å²) in [7, 11) is 0. The van der Waals surface area contributed by atoms with Crippen molar-refractivity contribution in [2.45, 2.75) is 20.3 Å². The topological polar surface area (TPSA) is 70.8 Å². The average Bonchev–Trinajstić information content (AvgIpc) is 2.40. The molecule has 0 atom stereocenters. The first-order valence-corrected chi connectivity index (χ1v) is 6.79. The highest BCUT2D eigenvalue weighted by atomic mass is 16.6. The highest BCUT2D eigenvalue weighted by Gasteiger charge is 2.03. The molecule has 0 aromatic heterocycles. The molecule has 1 aromatic rings. The number of carbonyl (C=O) groups excluding carboxylic acids is 1. The molecule has 0 saturated heterocycles. The first-order valence-electron chi connectivity index (χ1n) is 6.79. The fourth-order valence-corrected chi connectivity index (χ4v) is 1.42. The molecule has 0 saturated carbocycles. The van der Waals surface area contributed by atoms with Crippen molar-refractivity contribution in [3.63, 3.8) is 0 Å². The van der Waals surface area contributed by atoms with Crippen LogP contribution in [0, 0.1) is 5.92 Å². The third-order valence-corrected chi connectivity index (χ3v) is 2.40. The molecule has 0 spiro atoms. The van der Waals surface area contributed by atoms with E-state index in [0.29, 0.717) is 30.6 Å². The van der Waals surface area contributed by atoms with Gasteiger partial charge in [0.2, 0.25) is 0 Å². The smallest absolute Gasteiger partial charge is 0.309 e. The van der Waals surface area contributed by atoms with Gasteiger partial charge in [-0.2, -0.15) is 0 Å². The van der Waals surface area contributed by atoms with Crippen LogP contribution >= 0.6 is 0 Å². The van der Waals surface area contributed by atoms with Gasteiger partial charge in [-0.05, 0) is 30.2 Å². The molecule has 112 valence electrons. The van der Waals surface area contributed by atoms with Crippen molar-refractivity contribution >= 4 is 11.7 Å². The Labute approximate surface area is 120 Å². The maximum absolute atomic E-state index is 11.4. The van der Waals surface area contributed by atoms with Gasteiger partial charge in [-0.1, -0.05) is 13.8 Å². The van der Waals surface area contributed by atoms with Crippen LogP contribution in [0.5, 0.6) is 5.75 Å². The fourth-order valence-electron chi connectivity index (χ4n) is 1.42. The maximum atomic E-state index is 11.4. The highest BCUT2D eigenvalue weighted by molar-refractivity contribution is 5.69. The SMILES string of the molecule is CC(C)COCCOC(=O)CCOc1ccc(N)cc1. The molecule has 0 aliphatic carbocycles. The van der Waals surface area contributed by atoms with Gasteiger partial charge in [-0.15, -0.1) is 0 Å². The fraction of sp³-hybridized carbons (Fsp3) is 0.533. The van der Waals surface area contributed by atoms with E-state index < -0.39 is 0 Å². The van der Waals surface area contributed by atoms with E-state index in [1.54, 1.807) is 24.3 Å². The minimum absolute atomic E-state index is 0.217. The summed E-state index contributed by atoms with van der Waals surface area (Å²) in [6.07, 6.45) is 0.217. The van der Waals surface area contributed by atoms with Crippen molar-refractivity contribution < 1.29 is 19.0 Å². The van der Waals surface area contributed by atoms with E-state index in [1.807, 2.05) is 0 Å². The van der Waals surface area contributed by atoms with Crippen LogP contribution in [0.15, 0.2) is 24.3 Å². The first-order chi connectivity index (χ1) is 9.58. The molecule has 0 aliphatic heterocycles. The largest absolute Gasteiger partial charge is 0.493 e.